The van der Waals surface area contributed by atoms with E-state index >= 15 is 0 Å². The molecule has 3 aromatic rings. The summed E-state index contributed by atoms with van der Waals surface area (Å²) in [4.78, 5) is 12.6. The first-order valence-corrected chi connectivity index (χ1v) is 11.8. The van der Waals surface area contributed by atoms with E-state index in [4.69, 9.17) is 0 Å². The second-order valence-corrected chi connectivity index (χ2v) is 9.71. The highest BCUT2D eigenvalue weighted by molar-refractivity contribution is 7.90. The Hall–Kier alpha value is -3.00. The van der Waals surface area contributed by atoms with Crippen LogP contribution in [0, 0.1) is 5.92 Å². The van der Waals surface area contributed by atoms with E-state index in [1.165, 1.54) is 19.1 Å². The summed E-state index contributed by atoms with van der Waals surface area (Å²) in [5, 5.41) is 15.3. The number of carbonyl (C=O) groups is 1. The Morgan fingerprint density at radius 1 is 1.07 bits per heavy atom. The van der Waals surface area contributed by atoms with Crippen molar-refractivity contribution in [2.75, 3.05) is 25.2 Å². The van der Waals surface area contributed by atoms with E-state index in [0.717, 1.165) is 35.4 Å². The number of carbonyl (C=O) groups excluding carboxylic acids is 1. The van der Waals surface area contributed by atoms with Gasteiger partial charge in [0.1, 0.15) is 0 Å². The zero-order valence-electron chi connectivity index (χ0n) is 17.0. The molecule has 2 N–H and O–H groups in total. The molecule has 0 unspecified atom stereocenters. The molecule has 1 amide bonds. The van der Waals surface area contributed by atoms with Gasteiger partial charge in [0.05, 0.1) is 16.1 Å². The van der Waals surface area contributed by atoms with Crippen molar-refractivity contribution in [2.45, 2.75) is 24.2 Å². The summed E-state index contributed by atoms with van der Waals surface area (Å²) in [6.07, 6.45) is 4.82. The first kappa shape index (κ1) is 20.3. The van der Waals surface area contributed by atoms with E-state index in [1.54, 1.807) is 31.3 Å². The van der Waals surface area contributed by atoms with Crippen molar-refractivity contribution in [1.29, 1.82) is 0 Å². The molecule has 1 aromatic heterocycles. The number of hydrogen-bond acceptors (Lipinski definition) is 6. The van der Waals surface area contributed by atoms with Crippen molar-refractivity contribution in [3.8, 4) is 11.1 Å². The molecule has 0 spiro atoms. The van der Waals surface area contributed by atoms with Crippen LogP contribution in [0.5, 0.6) is 0 Å². The van der Waals surface area contributed by atoms with Crippen LogP contribution in [0.3, 0.4) is 0 Å². The van der Waals surface area contributed by atoms with Gasteiger partial charge in [0.2, 0.25) is 0 Å². The third-order valence-electron chi connectivity index (χ3n) is 5.37. The molecular weight excluding hydrogens is 400 g/mol. The van der Waals surface area contributed by atoms with Crippen LogP contribution in [0.15, 0.2) is 47.4 Å². The van der Waals surface area contributed by atoms with Gasteiger partial charge >= 0.3 is 0 Å². The maximum absolute atomic E-state index is 12.3. The van der Waals surface area contributed by atoms with Crippen LogP contribution >= 0.6 is 0 Å². The van der Waals surface area contributed by atoms with E-state index in [0.29, 0.717) is 11.2 Å². The molecule has 1 saturated carbocycles. The maximum Gasteiger partial charge on any atom is 0.273 e. The van der Waals surface area contributed by atoms with Gasteiger partial charge in [0.15, 0.2) is 15.5 Å². The highest BCUT2D eigenvalue weighted by Gasteiger charge is 2.22. The standard InChI is InChI=1S/C22H24N4O3S/c1-23-22(27)21-20(24-12-11-14-3-4-14)18-10-7-16(13-19(18)25-26-21)15-5-8-17(9-6-15)30(2,28)29/h5-10,13-14H,3-4,11-12H2,1-2H3,(H,23,27)(H,24,25). The van der Waals surface area contributed by atoms with Gasteiger partial charge in [-0.2, -0.15) is 0 Å². The average Bonchev–Trinajstić information content (AvgIpc) is 3.56. The summed E-state index contributed by atoms with van der Waals surface area (Å²) in [5.74, 6) is 0.502. The molecule has 0 saturated heterocycles. The van der Waals surface area contributed by atoms with Crippen LogP contribution in [0.25, 0.3) is 22.0 Å². The van der Waals surface area contributed by atoms with Crippen molar-refractivity contribution >= 4 is 32.3 Å². The summed E-state index contributed by atoms with van der Waals surface area (Å²) in [5.41, 5.74) is 3.42. The molecule has 8 heteroatoms. The van der Waals surface area contributed by atoms with Gasteiger partial charge in [-0.15, -0.1) is 10.2 Å². The number of fused-ring (bicyclic) bond motifs is 1. The highest BCUT2D eigenvalue weighted by Crippen LogP contribution is 2.33. The lowest BCUT2D eigenvalue weighted by molar-refractivity contribution is 0.0958. The Kier molecular flexibility index (Phi) is 5.42. The predicted octanol–water partition coefficient (Wildman–Crippen LogP) is 3.27. The minimum Gasteiger partial charge on any atom is -0.383 e. The molecule has 0 aliphatic heterocycles. The van der Waals surface area contributed by atoms with E-state index < -0.39 is 9.84 Å². The second-order valence-electron chi connectivity index (χ2n) is 7.69. The summed E-state index contributed by atoms with van der Waals surface area (Å²) in [6, 6.07) is 12.5. The van der Waals surface area contributed by atoms with Gasteiger partial charge in [-0.25, -0.2) is 8.42 Å². The Morgan fingerprint density at radius 2 is 1.77 bits per heavy atom. The Morgan fingerprint density at radius 3 is 2.40 bits per heavy atom. The monoisotopic (exact) mass is 424 g/mol. The number of rotatable bonds is 7. The molecule has 0 radical (unpaired) electrons. The first-order chi connectivity index (χ1) is 14.4. The topological polar surface area (TPSA) is 101 Å². The molecule has 7 nitrogen and oxygen atoms in total. The van der Waals surface area contributed by atoms with Crippen LogP contribution in [-0.4, -0.2) is 44.4 Å². The van der Waals surface area contributed by atoms with Gasteiger partial charge in [-0.1, -0.05) is 31.0 Å². The Labute approximate surface area is 175 Å². The second kappa shape index (κ2) is 8.02. The predicted molar refractivity (Wildman–Crippen MR) is 117 cm³/mol. The molecule has 1 aliphatic carbocycles. The van der Waals surface area contributed by atoms with E-state index in [-0.39, 0.29) is 16.5 Å². The smallest absolute Gasteiger partial charge is 0.273 e. The zero-order valence-corrected chi connectivity index (χ0v) is 17.8. The molecule has 1 aliphatic rings. The van der Waals surface area contributed by atoms with Gasteiger partial charge in [-0.05, 0) is 47.7 Å². The molecule has 0 atom stereocenters. The summed E-state index contributed by atoms with van der Waals surface area (Å²) in [7, 11) is -1.66. The molecular formula is C22H24N4O3S. The lowest BCUT2D eigenvalue weighted by atomic mass is 10.0. The van der Waals surface area contributed by atoms with E-state index in [9.17, 15) is 13.2 Å². The summed E-state index contributed by atoms with van der Waals surface area (Å²) < 4.78 is 23.4. The van der Waals surface area contributed by atoms with Crippen LogP contribution in [-0.2, 0) is 9.84 Å². The van der Waals surface area contributed by atoms with Gasteiger partial charge < -0.3 is 10.6 Å². The number of aromatic nitrogens is 2. The fourth-order valence-electron chi connectivity index (χ4n) is 3.45. The number of amides is 1. The minimum absolute atomic E-state index is 0.279. The SMILES string of the molecule is CNC(=O)c1nnc2cc(-c3ccc(S(C)(=O)=O)cc3)ccc2c1NCCC1CC1. The highest BCUT2D eigenvalue weighted by atomic mass is 32.2. The lowest BCUT2D eigenvalue weighted by Gasteiger charge is -2.13. The van der Waals surface area contributed by atoms with E-state index in [1.807, 2.05) is 18.2 Å². The van der Waals surface area contributed by atoms with Gasteiger partial charge in [-0.3, -0.25) is 4.79 Å². The lowest BCUT2D eigenvalue weighted by Crippen LogP contribution is -2.22. The van der Waals surface area contributed by atoms with Gasteiger partial charge in [0, 0.05) is 25.2 Å². The average molecular weight is 425 g/mol. The number of benzene rings is 2. The first-order valence-electron chi connectivity index (χ1n) is 9.93. The summed E-state index contributed by atoms with van der Waals surface area (Å²) in [6.45, 7) is 0.782. The number of anilines is 1. The van der Waals surface area contributed by atoms with Crippen molar-refractivity contribution in [1.82, 2.24) is 15.5 Å². The number of nitrogens with one attached hydrogen (secondary N) is 2. The zero-order chi connectivity index (χ0) is 21.3. The Bertz CT molecular complexity index is 1200. The normalized spacial score (nSPS) is 13.9. The molecule has 1 heterocycles. The Balaban J connectivity index is 1.70. The van der Waals surface area contributed by atoms with Crippen molar-refractivity contribution in [3.05, 3.63) is 48.2 Å². The molecule has 30 heavy (non-hydrogen) atoms. The minimum atomic E-state index is -3.24. The van der Waals surface area contributed by atoms with Crippen molar-refractivity contribution in [2.24, 2.45) is 5.92 Å². The number of sulfone groups is 1. The fraction of sp³-hybridized carbons (Fsp3) is 0.318. The molecule has 1 fully saturated rings. The number of nitrogens with zero attached hydrogens (tertiary/aromatic N) is 2. The quantitative estimate of drug-likeness (QED) is 0.604. The maximum atomic E-state index is 12.3. The third-order valence-corrected chi connectivity index (χ3v) is 6.50. The largest absolute Gasteiger partial charge is 0.383 e. The van der Waals surface area contributed by atoms with Crippen LogP contribution in [0.4, 0.5) is 5.69 Å². The summed E-state index contributed by atoms with van der Waals surface area (Å²) >= 11 is 0. The fourth-order valence-corrected chi connectivity index (χ4v) is 4.08. The van der Waals surface area contributed by atoms with Crippen LogP contribution < -0.4 is 10.6 Å². The van der Waals surface area contributed by atoms with Gasteiger partial charge in [0.25, 0.3) is 5.91 Å². The van der Waals surface area contributed by atoms with Crippen molar-refractivity contribution < 1.29 is 13.2 Å². The molecule has 2 aromatic carbocycles. The van der Waals surface area contributed by atoms with Crippen LogP contribution in [0.2, 0.25) is 0 Å². The van der Waals surface area contributed by atoms with Crippen molar-refractivity contribution in [3.63, 3.8) is 0 Å². The molecule has 4 rings (SSSR count). The molecule has 0 bridgehead atoms. The number of hydrogen-bond donors (Lipinski definition) is 2. The molecule has 156 valence electrons. The van der Waals surface area contributed by atoms with E-state index in [2.05, 4.69) is 20.8 Å². The van der Waals surface area contributed by atoms with Crippen LogP contribution in [0.1, 0.15) is 29.8 Å². The third kappa shape index (κ3) is 4.28.